The van der Waals surface area contributed by atoms with Gasteiger partial charge in [0.2, 0.25) is 5.88 Å². The summed E-state index contributed by atoms with van der Waals surface area (Å²) in [4.78, 5) is 9.12. The van der Waals surface area contributed by atoms with Crippen LogP contribution in [0.15, 0.2) is 18.3 Å². The lowest BCUT2D eigenvalue weighted by molar-refractivity contribution is -0.261. The molecular weight excluding hydrogens is 301 g/mol. The number of pyridine rings is 1. The summed E-state index contributed by atoms with van der Waals surface area (Å²) in [5, 5.41) is 1.92. The molecule has 122 valence electrons. The van der Waals surface area contributed by atoms with E-state index < -0.39 is 11.7 Å². The van der Waals surface area contributed by atoms with Crippen LogP contribution in [0.1, 0.15) is 18.4 Å². The van der Waals surface area contributed by atoms with Gasteiger partial charge in [-0.25, -0.2) is 4.98 Å². The lowest BCUT2D eigenvalue weighted by Gasteiger charge is -2.46. The highest BCUT2D eigenvalue weighted by atomic mass is 19.4. The van der Waals surface area contributed by atoms with E-state index >= 15 is 0 Å². The van der Waals surface area contributed by atoms with E-state index in [2.05, 4.69) is 4.98 Å². The van der Waals surface area contributed by atoms with Gasteiger partial charge in [-0.1, -0.05) is 0 Å². The van der Waals surface area contributed by atoms with E-state index in [0.29, 0.717) is 26.1 Å². The molecule has 0 aliphatic carbocycles. The number of alkyl halides is 3. The maximum absolute atomic E-state index is 12.5. The molecule has 0 amide bonds. The Morgan fingerprint density at radius 3 is 2.41 bits per heavy atom. The van der Waals surface area contributed by atoms with Crippen LogP contribution in [0.3, 0.4) is 0 Å². The molecule has 1 unspecified atom stereocenters. The molecule has 2 saturated heterocycles. The van der Waals surface area contributed by atoms with Crippen LogP contribution in [0.25, 0.3) is 0 Å². The van der Waals surface area contributed by atoms with E-state index in [4.69, 9.17) is 14.3 Å². The topological polar surface area (TPSA) is 43.8 Å². The highest BCUT2D eigenvalue weighted by molar-refractivity contribution is 5.20. The van der Waals surface area contributed by atoms with Crippen molar-refractivity contribution >= 4 is 0 Å². The summed E-state index contributed by atoms with van der Waals surface area (Å²) >= 11 is 0. The van der Waals surface area contributed by atoms with Crippen LogP contribution in [0, 0.1) is 0 Å². The second-order valence-corrected chi connectivity index (χ2v) is 5.48. The van der Waals surface area contributed by atoms with Gasteiger partial charge in [0.15, 0.2) is 0 Å². The number of ether oxygens (including phenoxy) is 2. The zero-order valence-corrected chi connectivity index (χ0v) is 12.0. The Balaban J connectivity index is 1.64. The number of halogens is 3. The zero-order valence-electron chi connectivity index (χ0n) is 12.0. The molecule has 0 N–H and O–H groups in total. The van der Waals surface area contributed by atoms with Gasteiger partial charge in [0.25, 0.3) is 0 Å². The first-order valence-electron chi connectivity index (χ1n) is 7.07. The van der Waals surface area contributed by atoms with E-state index in [1.165, 1.54) is 6.07 Å². The predicted molar refractivity (Wildman–Crippen MR) is 70.1 cm³/mol. The zero-order chi connectivity index (χ0) is 15.7. The van der Waals surface area contributed by atoms with Crippen molar-refractivity contribution in [3.05, 3.63) is 23.9 Å². The Bertz CT molecular complexity index is 495. The predicted octanol–water partition coefficient (Wildman–Crippen LogP) is 2.27. The van der Waals surface area contributed by atoms with E-state index in [1.54, 1.807) is 7.11 Å². The Labute approximate surface area is 125 Å². The maximum Gasteiger partial charge on any atom is 0.417 e. The minimum atomic E-state index is -4.39. The van der Waals surface area contributed by atoms with Gasteiger partial charge in [-0.3, -0.25) is 0 Å². The molecule has 3 rings (SSSR count). The second-order valence-electron chi connectivity index (χ2n) is 5.48. The van der Waals surface area contributed by atoms with Gasteiger partial charge < -0.3 is 14.3 Å². The maximum atomic E-state index is 12.5. The molecule has 3 heterocycles. The summed E-state index contributed by atoms with van der Waals surface area (Å²) in [6.45, 7) is 1.12. The molecule has 5 nitrogen and oxygen atoms in total. The monoisotopic (exact) mass is 318 g/mol. The van der Waals surface area contributed by atoms with Crippen molar-refractivity contribution in [2.45, 2.75) is 37.2 Å². The second kappa shape index (κ2) is 6.02. The van der Waals surface area contributed by atoms with Crippen molar-refractivity contribution in [1.82, 2.24) is 10.0 Å². The summed E-state index contributed by atoms with van der Waals surface area (Å²) < 4.78 is 48.7. The summed E-state index contributed by atoms with van der Waals surface area (Å²) in [6, 6.07) is 2.43. The van der Waals surface area contributed by atoms with Gasteiger partial charge in [-0.15, -0.1) is 0 Å². The van der Waals surface area contributed by atoms with Gasteiger partial charge in [-0.2, -0.15) is 18.2 Å². The Morgan fingerprint density at radius 2 is 1.91 bits per heavy atom. The molecule has 3 atom stereocenters. The highest BCUT2D eigenvalue weighted by Crippen LogP contribution is 2.32. The number of hydrogen-bond acceptors (Lipinski definition) is 5. The molecule has 22 heavy (non-hydrogen) atoms. The average Bonchev–Trinajstić information content (AvgIpc) is 2.46. The average molecular weight is 318 g/mol. The fraction of sp³-hybridized carbons (Fsp3) is 0.643. The van der Waals surface area contributed by atoms with Gasteiger partial charge in [0, 0.05) is 25.1 Å². The number of hydroxylamine groups is 2. The molecule has 0 radical (unpaired) electrons. The molecule has 1 aromatic rings. The first-order valence-corrected chi connectivity index (χ1v) is 7.07. The van der Waals surface area contributed by atoms with Crippen LogP contribution in [0.2, 0.25) is 0 Å². The number of morpholine rings is 1. The fourth-order valence-electron chi connectivity index (χ4n) is 3.02. The number of rotatable bonds is 3. The highest BCUT2D eigenvalue weighted by Gasteiger charge is 2.40. The SMILES string of the molecule is CON1[C@@H]2COC[C@H]1CC(Oc1ccc(C(F)(F)F)cn1)C2. The fourth-order valence-corrected chi connectivity index (χ4v) is 3.02. The quantitative estimate of drug-likeness (QED) is 0.855. The summed E-state index contributed by atoms with van der Waals surface area (Å²) in [6.07, 6.45) is -2.32. The lowest BCUT2D eigenvalue weighted by atomic mass is 9.94. The Morgan fingerprint density at radius 1 is 1.23 bits per heavy atom. The van der Waals surface area contributed by atoms with Gasteiger partial charge in [0.1, 0.15) is 6.10 Å². The van der Waals surface area contributed by atoms with Crippen LogP contribution in [0.5, 0.6) is 5.88 Å². The summed E-state index contributed by atoms with van der Waals surface area (Å²) in [5.41, 5.74) is -0.778. The molecule has 0 saturated carbocycles. The third-order valence-electron chi connectivity index (χ3n) is 3.97. The van der Waals surface area contributed by atoms with Crippen molar-refractivity contribution in [1.29, 1.82) is 0 Å². The van der Waals surface area contributed by atoms with Gasteiger partial charge in [0.05, 0.1) is 38.0 Å². The normalized spacial score (nSPS) is 29.4. The van der Waals surface area contributed by atoms with Crippen molar-refractivity contribution in [3.63, 3.8) is 0 Å². The van der Waals surface area contributed by atoms with E-state index in [9.17, 15) is 13.2 Å². The number of nitrogens with zero attached hydrogens (tertiary/aromatic N) is 2. The molecule has 2 bridgehead atoms. The first kappa shape index (κ1) is 15.5. The van der Waals surface area contributed by atoms with Crippen LogP contribution in [0.4, 0.5) is 13.2 Å². The molecule has 2 aliphatic rings. The van der Waals surface area contributed by atoms with Crippen LogP contribution >= 0.6 is 0 Å². The Kier molecular flexibility index (Phi) is 4.24. The van der Waals surface area contributed by atoms with Crippen LogP contribution < -0.4 is 4.74 Å². The molecule has 8 heteroatoms. The molecule has 0 aromatic carbocycles. The number of aromatic nitrogens is 1. The number of hydrogen-bond donors (Lipinski definition) is 0. The van der Waals surface area contributed by atoms with Crippen molar-refractivity contribution < 1.29 is 27.5 Å². The van der Waals surface area contributed by atoms with Crippen molar-refractivity contribution in [2.75, 3.05) is 20.3 Å². The minimum absolute atomic E-state index is 0.0944. The van der Waals surface area contributed by atoms with Crippen molar-refractivity contribution in [2.24, 2.45) is 0 Å². The molecular formula is C14H17F3N2O3. The van der Waals surface area contributed by atoms with Gasteiger partial charge >= 0.3 is 6.18 Å². The molecule has 2 aliphatic heterocycles. The third-order valence-corrected chi connectivity index (χ3v) is 3.97. The third kappa shape index (κ3) is 3.18. The van der Waals surface area contributed by atoms with E-state index in [-0.39, 0.29) is 24.1 Å². The number of piperidine rings is 1. The molecule has 0 spiro atoms. The standard InChI is InChI=1S/C14H17F3N2O3/c1-20-19-10-4-12(5-11(19)8-21-7-10)22-13-3-2-9(6-18-13)14(15,16)17/h2-3,6,10-12H,4-5,7-8H2,1H3/t10-,11+,12?. The first-order chi connectivity index (χ1) is 10.5. The van der Waals surface area contributed by atoms with Crippen molar-refractivity contribution in [3.8, 4) is 5.88 Å². The smallest absolute Gasteiger partial charge is 0.417 e. The molecule has 2 fully saturated rings. The molecule has 1 aromatic heterocycles. The van der Waals surface area contributed by atoms with E-state index in [1.807, 2.05) is 5.06 Å². The summed E-state index contributed by atoms with van der Waals surface area (Å²) in [5.74, 6) is 0.211. The minimum Gasteiger partial charge on any atom is -0.474 e. The largest absolute Gasteiger partial charge is 0.474 e. The lowest BCUT2D eigenvalue weighted by Crippen LogP contribution is -2.58. The van der Waals surface area contributed by atoms with Crippen LogP contribution in [-0.2, 0) is 15.8 Å². The number of fused-ring (bicyclic) bond motifs is 2. The van der Waals surface area contributed by atoms with Crippen LogP contribution in [-0.4, -0.2) is 48.6 Å². The van der Waals surface area contributed by atoms with E-state index in [0.717, 1.165) is 12.3 Å². The summed E-state index contributed by atoms with van der Waals surface area (Å²) in [7, 11) is 1.63. The Hall–Kier alpha value is -1.38. The van der Waals surface area contributed by atoms with Gasteiger partial charge in [-0.05, 0) is 6.07 Å².